The maximum absolute atomic E-state index is 13.2. The Morgan fingerprint density at radius 2 is 2.07 bits per heavy atom. The van der Waals surface area contributed by atoms with Crippen molar-refractivity contribution < 1.29 is 19.4 Å². The third kappa shape index (κ3) is 4.41. The summed E-state index contributed by atoms with van der Waals surface area (Å²) in [6, 6.07) is 8.40. The number of aliphatic hydroxyl groups excluding tert-OH is 1. The zero-order chi connectivity index (χ0) is 20.9. The van der Waals surface area contributed by atoms with Crippen LogP contribution in [0.15, 0.2) is 41.5 Å². The number of fused-ring (bicyclic) bond motifs is 1. The molecule has 1 fully saturated rings. The fraction of sp³-hybridized carbons (Fsp3) is 0.542. The molecule has 0 aliphatic carbocycles. The van der Waals surface area contributed by atoms with Crippen molar-refractivity contribution in [3.05, 3.63) is 47.0 Å². The number of hydrogen-bond acceptors (Lipinski definition) is 5. The first-order valence-corrected chi connectivity index (χ1v) is 12.0. The normalized spacial score (nSPS) is 24.5. The standard InChI is InChI=1S/C24H31NO4S/c1-2-28-24-18(10-8-14-26)19(20-16-30-22-11-5-4-9-17(20)22)15-21(29-24)23(27)25-12-6-3-7-13-25/h4-5,9,11,15-16,18-19,24,26H,2-3,6-8,10,12-14H2,1H3/t18-,19+,24-/m0/s1. The zero-order valence-electron chi connectivity index (χ0n) is 17.6. The second kappa shape index (κ2) is 9.94. The molecule has 0 unspecified atom stereocenters. The van der Waals surface area contributed by atoms with E-state index in [2.05, 4.69) is 29.6 Å². The highest BCUT2D eigenvalue weighted by molar-refractivity contribution is 7.17. The molecule has 1 aromatic carbocycles. The van der Waals surface area contributed by atoms with Crippen LogP contribution in [0.25, 0.3) is 10.1 Å². The van der Waals surface area contributed by atoms with Crippen LogP contribution in [0.5, 0.6) is 0 Å². The minimum absolute atomic E-state index is 0.0155. The number of hydrogen-bond donors (Lipinski definition) is 1. The molecule has 6 heteroatoms. The SMILES string of the molecule is CCO[C@H]1OC(C(=O)N2CCCCC2)=C[C@@H](c2csc3ccccc23)[C@@H]1CCCO. The van der Waals surface area contributed by atoms with Crippen molar-refractivity contribution in [3.63, 3.8) is 0 Å². The lowest BCUT2D eigenvalue weighted by molar-refractivity contribution is -0.170. The number of piperidine rings is 1. The Bertz CT molecular complexity index is 886. The number of ether oxygens (including phenoxy) is 2. The van der Waals surface area contributed by atoms with Gasteiger partial charge in [-0.1, -0.05) is 18.2 Å². The molecule has 2 aromatic rings. The summed E-state index contributed by atoms with van der Waals surface area (Å²) >= 11 is 1.73. The predicted molar refractivity (Wildman–Crippen MR) is 119 cm³/mol. The molecule has 0 radical (unpaired) electrons. The number of allylic oxidation sites excluding steroid dienone is 1. The first-order chi connectivity index (χ1) is 14.7. The summed E-state index contributed by atoms with van der Waals surface area (Å²) in [5, 5.41) is 12.9. The van der Waals surface area contributed by atoms with E-state index in [9.17, 15) is 9.90 Å². The van der Waals surface area contributed by atoms with Gasteiger partial charge in [0.15, 0.2) is 5.76 Å². The lowest BCUT2D eigenvalue weighted by Crippen LogP contribution is -2.42. The predicted octanol–water partition coefficient (Wildman–Crippen LogP) is 4.66. The molecule has 1 amide bonds. The third-order valence-electron chi connectivity index (χ3n) is 6.14. The Balaban J connectivity index is 1.73. The highest BCUT2D eigenvalue weighted by Crippen LogP contribution is 2.43. The average molecular weight is 430 g/mol. The summed E-state index contributed by atoms with van der Waals surface area (Å²) < 4.78 is 13.4. The number of carbonyl (C=O) groups is 1. The van der Waals surface area contributed by atoms with Crippen LogP contribution in [-0.2, 0) is 14.3 Å². The Morgan fingerprint density at radius 3 is 2.83 bits per heavy atom. The third-order valence-corrected chi connectivity index (χ3v) is 7.12. The molecule has 0 bridgehead atoms. The van der Waals surface area contributed by atoms with Gasteiger partial charge in [0, 0.05) is 42.8 Å². The number of thiophene rings is 1. The van der Waals surface area contributed by atoms with Crippen molar-refractivity contribution in [3.8, 4) is 0 Å². The smallest absolute Gasteiger partial charge is 0.288 e. The minimum Gasteiger partial charge on any atom is -0.459 e. The van der Waals surface area contributed by atoms with Crippen molar-refractivity contribution in [2.75, 3.05) is 26.3 Å². The Labute approximate surface area is 182 Å². The Kier molecular flexibility index (Phi) is 7.08. The number of aliphatic hydroxyl groups is 1. The van der Waals surface area contributed by atoms with E-state index in [0.717, 1.165) is 32.4 Å². The molecule has 3 atom stereocenters. The van der Waals surface area contributed by atoms with Gasteiger partial charge in [-0.05, 0) is 67.5 Å². The van der Waals surface area contributed by atoms with Crippen molar-refractivity contribution in [1.29, 1.82) is 0 Å². The molecule has 1 N–H and O–H groups in total. The topological polar surface area (TPSA) is 59.0 Å². The molecule has 5 nitrogen and oxygen atoms in total. The highest BCUT2D eigenvalue weighted by Gasteiger charge is 2.39. The molecule has 0 saturated carbocycles. The average Bonchev–Trinajstić information content (AvgIpc) is 3.22. The molecule has 162 valence electrons. The van der Waals surface area contributed by atoms with Crippen LogP contribution in [-0.4, -0.2) is 48.5 Å². The number of nitrogens with zero attached hydrogens (tertiary/aromatic N) is 1. The molecule has 1 saturated heterocycles. The molecule has 30 heavy (non-hydrogen) atoms. The first kappa shape index (κ1) is 21.3. The summed E-state index contributed by atoms with van der Waals surface area (Å²) in [6.45, 7) is 4.18. The van der Waals surface area contributed by atoms with Gasteiger partial charge >= 0.3 is 0 Å². The summed E-state index contributed by atoms with van der Waals surface area (Å²) in [5.41, 5.74) is 1.22. The molecule has 2 aliphatic heterocycles. The van der Waals surface area contributed by atoms with Crippen LogP contribution >= 0.6 is 11.3 Å². The van der Waals surface area contributed by atoms with Crippen molar-refractivity contribution in [1.82, 2.24) is 4.90 Å². The Morgan fingerprint density at radius 1 is 1.27 bits per heavy atom. The number of rotatable bonds is 7. The van der Waals surface area contributed by atoms with Gasteiger partial charge in [0.05, 0.1) is 0 Å². The van der Waals surface area contributed by atoms with Gasteiger partial charge in [0.2, 0.25) is 6.29 Å². The molecular weight excluding hydrogens is 398 g/mol. The maximum Gasteiger partial charge on any atom is 0.288 e. The van der Waals surface area contributed by atoms with E-state index in [1.54, 1.807) is 11.3 Å². The van der Waals surface area contributed by atoms with Crippen LogP contribution in [0.2, 0.25) is 0 Å². The number of amides is 1. The summed E-state index contributed by atoms with van der Waals surface area (Å²) in [7, 11) is 0. The highest BCUT2D eigenvalue weighted by atomic mass is 32.1. The van der Waals surface area contributed by atoms with Crippen LogP contribution in [0.3, 0.4) is 0 Å². The Hall–Kier alpha value is -1.89. The van der Waals surface area contributed by atoms with E-state index in [-0.39, 0.29) is 24.3 Å². The molecule has 4 rings (SSSR count). The summed E-state index contributed by atoms with van der Waals surface area (Å²) in [4.78, 5) is 15.2. The molecular formula is C24H31NO4S. The van der Waals surface area contributed by atoms with Crippen LogP contribution in [0, 0.1) is 5.92 Å². The van der Waals surface area contributed by atoms with E-state index in [0.29, 0.717) is 18.8 Å². The van der Waals surface area contributed by atoms with E-state index in [4.69, 9.17) is 9.47 Å². The molecule has 3 heterocycles. The van der Waals surface area contributed by atoms with E-state index >= 15 is 0 Å². The van der Waals surface area contributed by atoms with Crippen molar-refractivity contribution in [2.24, 2.45) is 5.92 Å². The van der Waals surface area contributed by atoms with Crippen molar-refractivity contribution in [2.45, 2.75) is 51.2 Å². The second-order valence-electron chi connectivity index (χ2n) is 8.07. The zero-order valence-corrected chi connectivity index (χ0v) is 18.4. The van der Waals surface area contributed by atoms with Crippen LogP contribution in [0.1, 0.15) is 50.5 Å². The van der Waals surface area contributed by atoms with Gasteiger partial charge in [-0.2, -0.15) is 0 Å². The fourth-order valence-electron chi connectivity index (χ4n) is 4.62. The lowest BCUT2D eigenvalue weighted by atomic mass is 9.80. The van der Waals surface area contributed by atoms with Gasteiger partial charge in [0.1, 0.15) is 0 Å². The first-order valence-electron chi connectivity index (χ1n) is 11.1. The largest absolute Gasteiger partial charge is 0.459 e. The van der Waals surface area contributed by atoms with Gasteiger partial charge in [-0.15, -0.1) is 11.3 Å². The van der Waals surface area contributed by atoms with Gasteiger partial charge in [-0.25, -0.2) is 0 Å². The summed E-state index contributed by atoms with van der Waals surface area (Å²) in [5.74, 6) is 0.454. The molecule has 0 spiro atoms. The molecule has 2 aliphatic rings. The van der Waals surface area contributed by atoms with Gasteiger partial charge in [0.25, 0.3) is 5.91 Å². The molecule has 1 aromatic heterocycles. The fourth-order valence-corrected chi connectivity index (χ4v) is 5.63. The van der Waals surface area contributed by atoms with E-state index in [1.807, 2.05) is 17.9 Å². The van der Waals surface area contributed by atoms with E-state index < -0.39 is 6.29 Å². The number of likely N-dealkylation sites (tertiary alicyclic amines) is 1. The van der Waals surface area contributed by atoms with Gasteiger partial charge < -0.3 is 19.5 Å². The van der Waals surface area contributed by atoms with Gasteiger partial charge in [-0.3, -0.25) is 4.79 Å². The maximum atomic E-state index is 13.2. The minimum atomic E-state index is -0.487. The number of benzene rings is 1. The van der Waals surface area contributed by atoms with Crippen molar-refractivity contribution >= 4 is 27.3 Å². The number of carbonyl (C=O) groups excluding carboxylic acids is 1. The quantitative estimate of drug-likeness (QED) is 0.695. The summed E-state index contributed by atoms with van der Waals surface area (Å²) in [6.07, 6.45) is 6.26. The van der Waals surface area contributed by atoms with Crippen LogP contribution < -0.4 is 0 Å². The lowest BCUT2D eigenvalue weighted by Gasteiger charge is -2.38. The van der Waals surface area contributed by atoms with E-state index in [1.165, 1.54) is 22.1 Å². The monoisotopic (exact) mass is 429 g/mol. The second-order valence-corrected chi connectivity index (χ2v) is 8.98. The van der Waals surface area contributed by atoms with Crippen LogP contribution in [0.4, 0.5) is 0 Å².